The zero-order valence-corrected chi connectivity index (χ0v) is 6.75. The molecule has 0 aliphatic rings. The first-order valence-electron chi connectivity index (χ1n) is 3.68. The van der Waals surface area contributed by atoms with Crippen LogP contribution in [0.5, 0.6) is 0 Å². The SMILES string of the molecule is CCN(C)CCC(O)CO. The summed E-state index contributed by atoms with van der Waals surface area (Å²) in [7, 11) is 1.99. The van der Waals surface area contributed by atoms with Crippen molar-refractivity contribution in [3.05, 3.63) is 0 Å². The molecule has 0 bridgehead atoms. The van der Waals surface area contributed by atoms with E-state index < -0.39 is 6.10 Å². The Labute approximate surface area is 62.3 Å². The van der Waals surface area contributed by atoms with Gasteiger partial charge in [0.2, 0.25) is 0 Å². The Balaban J connectivity index is 3.17. The number of nitrogens with zero attached hydrogens (tertiary/aromatic N) is 1. The first-order chi connectivity index (χ1) is 4.70. The largest absolute Gasteiger partial charge is 0.394 e. The van der Waals surface area contributed by atoms with Crippen molar-refractivity contribution in [2.24, 2.45) is 0 Å². The van der Waals surface area contributed by atoms with Crippen molar-refractivity contribution >= 4 is 0 Å². The summed E-state index contributed by atoms with van der Waals surface area (Å²) in [4.78, 5) is 2.10. The average molecular weight is 147 g/mol. The van der Waals surface area contributed by atoms with E-state index in [0.717, 1.165) is 13.1 Å². The molecule has 1 atom stereocenters. The normalized spacial score (nSPS) is 14.1. The molecule has 62 valence electrons. The van der Waals surface area contributed by atoms with Crippen LogP contribution in [-0.2, 0) is 0 Å². The Morgan fingerprint density at radius 3 is 2.50 bits per heavy atom. The minimum absolute atomic E-state index is 0.127. The molecule has 0 aromatic rings. The highest BCUT2D eigenvalue weighted by Gasteiger charge is 2.02. The molecule has 0 spiro atoms. The summed E-state index contributed by atoms with van der Waals surface area (Å²) in [5.41, 5.74) is 0. The quantitative estimate of drug-likeness (QED) is 0.560. The summed E-state index contributed by atoms with van der Waals surface area (Å²) >= 11 is 0. The molecule has 10 heavy (non-hydrogen) atoms. The zero-order valence-electron chi connectivity index (χ0n) is 6.75. The minimum atomic E-state index is -0.547. The van der Waals surface area contributed by atoms with Gasteiger partial charge in [0.05, 0.1) is 12.7 Å². The van der Waals surface area contributed by atoms with Crippen molar-refractivity contribution in [2.75, 3.05) is 26.7 Å². The van der Waals surface area contributed by atoms with Crippen LogP contribution in [0.25, 0.3) is 0 Å². The van der Waals surface area contributed by atoms with Crippen molar-refractivity contribution in [1.29, 1.82) is 0 Å². The second-order valence-corrected chi connectivity index (χ2v) is 2.52. The van der Waals surface area contributed by atoms with E-state index >= 15 is 0 Å². The van der Waals surface area contributed by atoms with Gasteiger partial charge in [0.1, 0.15) is 0 Å². The van der Waals surface area contributed by atoms with E-state index in [2.05, 4.69) is 11.8 Å². The molecule has 0 rings (SSSR count). The van der Waals surface area contributed by atoms with Crippen LogP contribution in [0.1, 0.15) is 13.3 Å². The summed E-state index contributed by atoms with van der Waals surface area (Å²) in [5.74, 6) is 0. The smallest absolute Gasteiger partial charge is 0.0783 e. The predicted molar refractivity (Wildman–Crippen MR) is 40.9 cm³/mol. The fourth-order valence-electron chi connectivity index (χ4n) is 0.619. The van der Waals surface area contributed by atoms with Gasteiger partial charge in [0.15, 0.2) is 0 Å². The molecular formula is C7H17NO2. The van der Waals surface area contributed by atoms with Crippen LogP contribution in [-0.4, -0.2) is 48.0 Å². The van der Waals surface area contributed by atoms with Crippen LogP contribution in [0.15, 0.2) is 0 Å². The topological polar surface area (TPSA) is 43.7 Å². The molecule has 0 aromatic heterocycles. The number of aliphatic hydroxyl groups excluding tert-OH is 2. The predicted octanol–water partition coefficient (Wildman–Crippen LogP) is -0.319. The van der Waals surface area contributed by atoms with E-state index in [1.165, 1.54) is 0 Å². The molecule has 0 radical (unpaired) electrons. The Morgan fingerprint density at radius 2 is 2.10 bits per heavy atom. The van der Waals surface area contributed by atoms with Gasteiger partial charge in [-0.2, -0.15) is 0 Å². The third-order valence-corrected chi connectivity index (χ3v) is 1.59. The Morgan fingerprint density at radius 1 is 1.50 bits per heavy atom. The second kappa shape index (κ2) is 5.65. The molecule has 0 fully saturated rings. The lowest BCUT2D eigenvalue weighted by molar-refractivity contribution is 0.0804. The van der Waals surface area contributed by atoms with Gasteiger partial charge in [0, 0.05) is 6.54 Å². The van der Waals surface area contributed by atoms with E-state index in [-0.39, 0.29) is 6.61 Å². The molecule has 2 N–H and O–H groups in total. The Bertz CT molecular complexity index is 68.0. The second-order valence-electron chi connectivity index (χ2n) is 2.52. The van der Waals surface area contributed by atoms with Crippen LogP contribution in [0.3, 0.4) is 0 Å². The lowest BCUT2D eigenvalue weighted by Gasteiger charge is -2.15. The number of hydrogen-bond donors (Lipinski definition) is 2. The summed E-state index contributed by atoms with van der Waals surface area (Å²) in [6.45, 7) is 3.76. The molecule has 0 heterocycles. The van der Waals surface area contributed by atoms with E-state index in [9.17, 15) is 0 Å². The van der Waals surface area contributed by atoms with Crippen LogP contribution in [0, 0.1) is 0 Å². The van der Waals surface area contributed by atoms with Crippen LogP contribution in [0.4, 0.5) is 0 Å². The summed E-state index contributed by atoms with van der Waals surface area (Å²) in [6, 6.07) is 0. The van der Waals surface area contributed by atoms with Gasteiger partial charge >= 0.3 is 0 Å². The van der Waals surface area contributed by atoms with Gasteiger partial charge in [-0.25, -0.2) is 0 Å². The molecule has 3 nitrogen and oxygen atoms in total. The highest BCUT2D eigenvalue weighted by molar-refractivity contribution is 4.55. The molecule has 3 heteroatoms. The summed E-state index contributed by atoms with van der Waals surface area (Å²) in [6.07, 6.45) is 0.106. The lowest BCUT2D eigenvalue weighted by Crippen LogP contribution is -2.24. The van der Waals surface area contributed by atoms with Gasteiger partial charge in [-0.1, -0.05) is 6.92 Å². The molecule has 0 saturated carbocycles. The van der Waals surface area contributed by atoms with E-state index in [0.29, 0.717) is 6.42 Å². The number of hydrogen-bond acceptors (Lipinski definition) is 3. The third kappa shape index (κ3) is 4.73. The maximum Gasteiger partial charge on any atom is 0.0783 e. The fourth-order valence-corrected chi connectivity index (χ4v) is 0.619. The number of aliphatic hydroxyl groups is 2. The summed E-state index contributed by atoms with van der Waals surface area (Å²) < 4.78 is 0. The van der Waals surface area contributed by atoms with Crippen LogP contribution in [0.2, 0.25) is 0 Å². The standard InChI is InChI=1S/C7H17NO2/c1-3-8(2)5-4-7(10)6-9/h7,9-10H,3-6H2,1-2H3. The van der Waals surface area contributed by atoms with Crippen molar-refractivity contribution in [1.82, 2.24) is 4.90 Å². The van der Waals surface area contributed by atoms with Crippen LogP contribution >= 0.6 is 0 Å². The Kier molecular flexibility index (Phi) is 5.58. The van der Waals surface area contributed by atoms with Crippen molar-refractivity contribution in [3.63, 3.8) is 0 Å². The monoisotopic (exact) mass is 147 g/mol. The molecule has 0 saturated heterocycles. The molecule has 0 aromatic carbocycles. The van der Waals surface area contributed by atoms with E-state index in [4.69, 9.17) is 10.2 Å². The molecule has 0 amide bonds. The molecule has 0 aliphatic carbocycles. The van der Waals surface area contributed by atoms with Gasteiger partial charge in [-0.15, -0.1) is 0 Å². The first-order valence-corrected chi connectivity index (χ1v) is 3.68. The van der Waals surface area contributed by atoms with E-state index in [1.807, 2.05) is 7.05 Å². The third-order valence-electron chi connectivity index (χ3n) is 1.59. The van der Waals surface area contributed by atoms with Gasteiger partial charge in [0.25, 0.3) is 0 Å². The van der Waals surface area contributed by atoms with Gasteiger partial charge in [-0.3, -0.25) is 0 Å². The van der Waals surface area contributed by atoms with Crippen molar-refractivity contribution in [2.45, 2.75) is 19.4 Å². The van der Waals surface area contributed by atoms with Crippen molar-refractivity contribution < 1.29 is 10.2 Å². The number of rotatable bonds is 5. The van der Waals surface area contributed by atoms with E-state index in [1.54, 1.807) is 0 Å². The first kappa shape index (κ1) is 9.88. The lowest BCUT2D eigenvalue weighted by atomic mass is 10.2. The average Bonchev–Trinajstić information content (AvgIpc) is 1.99. The van der Waals surface area contributed by atoms with Gasteiger partial charge < -0.3 is 15.1 Å². The maximum absolute atomic E-state index is 8.93. The maximum atomic E-state index is 8.93. The van der Waals surface area contributed by atoms with Gasteiger partial charge in [-0.05, 0) is 20.0 Å². The highest BCUT2D eigenvalue weighted by Crippen LogP contribution is 1.92. The molecule has 0 aliphatic heterocycles. The Hall–Kier alpha value is -0.120. The zero-order chi connectivity index (χ0) is 7.98. The summed E-state index contributed by atoms with van der Waals surface area (Å²) in [5, 5.41) is 17.4. The fraction of sp³-hybridized carbons (Fsp3) is 1.00. The minimum Gasteiger partial charge on any atom is -0.394 e. The molecular weight excluding hydrogens is 130 g/mol. The molecule has 1 unspecified atom stereocenters. The van der Waals surface area contributed by atoms with Crippen molar-refractivity contribution in [3.8, 4) is 0 Å². The van der Waals surface area contributed by atoms with Crippen LogP contribution < -0.4 is 0 Å². The highest BCUT2D eigenvalue weighted by atomic mass is 16.3.